The number of nitrogens with one attached hydrogen (secondary N) is 2. The monoisotopic (exact) mass is 409 g/mol. The van der Waals surface area contributed by atoms with Crippen molar-refractivity contribution in [1.82, 2.24) is 4.98 Å². The predicted molar refractivity (Wildman–Crippen MR) is 112 cm³/mol. The van der Waals surface area contributed by atoms with Crippen LogP contribution in [0.5, 0.6) is 5.75 Å². The van der Waals surface area contributed by atoms with E-state index in [0.29, 0.717) is 11.4 Å². The normalized spacial score (nSPS) is 11.2. The first kappa shape index (κ1) is 20.1. The molecule has 0 fully saturated rings. The van der Waals surface area contributed by atoms with Gasteiger partial charge in [-0.05, 0) is 60.2 Å². The zero-order chi connectivity index (χ0) is 20.7. The Morgan fingerprint density at radius 1 is 1.03 bits per heavy atom. The van der Waals surface area contributed by atoms with E-state index < -0.39 is 10.0 Å². The molecule has 2 N–H and O–H groups in total. The summed E-state index contributed by atoms with van der Waals surface area (Å²) in [6.45, 7) is 0. The molecule has 29 heavy (non-hydrogen) atoms. The number of carbonyl (C=O) groups is 1. The zero-order valence-electron chi connectivity index (χ0n) is 15.6. The number of pyridine rings is 1. The SMILES string of the molecule is COc1cccc(C=CC(=O)Nc2ccc(S(=O)(=O)Nc3ccccn3)cc2)c1. The lowest BCUT2D eigenvalue weighted by Crippen LogP contribution is -2.14. The number of ether oxygens (including phenoxy) is 1. The van der Waals surface area contributed by atoms with Gasteiger partial charge in [0, 0.05) is 18.0 Å². The number of nitrogens with zero attached hydrogens (tertiary/aromatic N) is 1. The van der Waals surface area contributed by atoms with Gasteiger partial charge in [-0.15, -0.1) is 0 Å². The number of amides is 1. The quantitative estimate of drug-likeness (QED) is 0.582. The topological polar surface area (TPSA) is 97.4 Å². The summed E-state index contributed by atoms with van der Waals surface area (Å²) in [4.78, 5) is 16.1. The van der Waals surface area contributed by atoms with Crippen LogP contribution in [0.25, 0.3) is 6.08 Å². The Morgan fingerprint density at radius 2 is 1.83 bits per heavy atom. The van der Waals surface area contributed by atoms with Crippen molar-refractivity contribution < 1.29 is 17.9 Å². The van der Waals surface area contributed by atoms with Gasteiger partial charge in [0.15, 0.2) is 0 Å². The van der Waals surface area contributed by atoms with Crippen LogP contribution in [0, 0.1) is 0 Å². The maximum absolute atomic E-state index is 12.4. The Bertz CT molecular complexity index is 1110. The van der Waals surface area contributed by atoms with Crippen LogP contribution in [0.1, 0.15) is 5.56 Å². The van der Waals surface area contributed by atoms with Crippen LogP contribution in [-0.2, 0) is 14.8 Å². The van der Waals surface area contributed by atoms with Crippen molar-refractivity contribution in [2.24, 2.45) is 0 Å². The van der Waals surface area contributed by atoms with E-state index in [-0.39, 0.29) is 16.6 Å². The highest BCUT2D eigenvalue weighted by Gasteiger charge is 2.14. The molecule has 148 valence electrons. The summed E-state index contributed by atoms with van der Waals surface area (Å²) in [5.74, 6) is 0.589. The first-order valence-corrected chi connectivity index (χ1v) is 10.1. The molecule has 0 radical (unpaired) electrons. The lowest BCUT2D eigenvalue weighted by molar-refractivity contribution is -0.111. The van der Waals surface area contributed by atoms with E-state index in [1.54, 1.807) is 37.5 Å². The van der Waals surface area contributed by atoms with Crippen LogP contribution >= 0.6 is 0 Å². The minimum atomic E-state index is -3.76. The van der Waals surface area contributed by atoms with Crippen LogP contribution in [-0.4, -0.2) is 26.4 Å². The van der Waals surface area contributed by atoms with Crippen molar-refractivity contribution >= 4 is 33.5 Å². The Kier molecular flexibility index (Phi) is 6.25. The lowest BCUT2D eigenvalue weighted by Gasteiger charge is -2.08. The summed E-state index contributed by atoms with van der Waals surface area (Å²) in [5, 5.41) is 2.68. The van der Waals surface area contributed by atoms with Gasteiger partial charge in [-0.2, -0.15) is 0 Å². The molecule has 2 aromatic carbocycles. The smallest absolute Gasteiger partial charge is 0.263 e. The van der Waals surface area contributed by atoms with E-state index in [2.05, 4.69) is 15.0 Å². The van der Waals surface area contributed by atoms with Gasteiger partial charge in [0.1, 0.15) is 11.6 Å². The molecule has 3 aromatic rings. The summed E-state index contributed by atoms with van der Waals surface area (Å²) in [7, 11) is -2.19. The highest BCUT2D eigenvalue weighted by Crippen LogP contribution is 2.17. The van der Waals surface area contributed by atoms with E-state index in [1.807, 2.05) is 18.2 Å². The largest absolute Gasteiger partial charge is 0.497 e. The van der Waals surface area contributed by atoms with E-state index in [0.717, 1.165) is 5.56 Å². The number of sulfonamides is 1. The molecule has 1 aromatic heterocycles. The summed E-state index contributed by atoms with van der Waals surface area (Å²) in [5.41, 5.74) is 1.30. The average molecular weight is 409 g/mol. The molecular weight excluding hydrogens is 390 g/mol. The molecule has 0 saturated heterocycles. The standard InChI is InChI=1S/C21H19N3O4S/c1-28-18-6-4-5-16(15-18)8-13-21(25)23-17-9-11-19(12-10-17)29(26,27)24-20-7-2-3-14-22-20/h2-15H,1H3,(H,22,24)(H,23,25). The van der Waals surface area contributed by atoms with Crippen LogP contribution < -0.4 is 14.8 Å². The molecule has 8 heteroatoms. The minimum Gasteiger partial charge on any atom is -0.497 e. The molecule has 0 bridgehead atoms. The Labute approximate surface area is 169 Å². The number of aromatic nitrogens is 1. The summed E-state index contributed by atoms with van der Waals surface area (Å²) >= 11 is 0. The van der Waals surface area contributed by atoms with Gasteiger partial charge in [0.05, 0.1) is 12.0 Å². The fourth-order valence-corrected chi connectivity index (χ4v) is 3.45. The van der Waals surface area contributed by atoms with Gasteiger partial charge in [-0.3, -0.25) is 9.52 Å². The molecule has 1 amide bonds. The molecule has 0 aliphatic heterocycles. The number of rotatable bonds is 7. The molecular formula is C21H19N3O4S. The van der Waals surface area contributed by atoms with Crippen molar-refractivity contribution in [3.8, 4) is 5.75 Å². The predicted octanol–water partition coefficient (Wildman–Crippen LogP) is 3.54. The van der Waals surface area contributed by atoms with Gasteiger partial charge in [-0.25, -0.2) is 13.4 Å². The van der Waals surface area contributed by atoms with Gasteiger partial charge in [0.2, 0.25) is 5.91 Å². The van der Waals surface area contributed by atoms with Crippen molar-refractivity contribution in [3.05, 3.63) is 84.6 Å². The molecule has 3 rings (SSSR count). The maximum atomic E-state index is 12.4. The van der Waals surface area contributed by atoms with Crippen LogP contribution in [0.2, 0.25) is 0 Å². The third kappa shape index (κ3) is 5.66. The van der Waals surface area contributed by atoms with Gasteiger partial charge >= 0.3 is 0 Å². The first-order valence-electron chi connectivity index (χ1n) is 8.63. The number of hydrogen-bond donors (Lipinski definition) is 2. The molecule has 0 spiro atoms. The highest BCUT2D eigenvalue weighted by atomic mass is 32.2. The van der Waals surface area contributed by atoms with Crippen LogP contribution in [0.15, 0.2) is 83.9 Å². The summed E-state index contributed by atoms with van der Waals surface area (Å²) in [6.07, 6.45) is 4.55. The van der Waals surface area contributed by atoms with Crippen LogP contribution in [0.3, 0.4) is 0 Å². The van der Waals surface area contributed by atoms with Crippen molar-refractivity contribution in [1.29, 1.82) is 0 Å². The van der Waals surface area contributed by atoms with Crippen molar-refractivity contribution in [2.75, 3.05) is 17.1 Å². The van der Waals surface area contributed by atoms with Gasteiger partial charge < -0.3 is 10.1 Å². The Morgan fingerprint density at radius 3 is 2.52 bits per heavy atom. The fraction of sp³-hybridized carbons (Fsp3) is 0.0476. The number of benzene rings is 2. The molecule has 0 aliphatic rings. The fourth-order valence-electron chi connectivity index (χ4n) is 2.44. The molecule has 7 nitrogen and oxygen atoms in total. The average Bonchev–Trinajstić information content (AvgIpc) is 2.73. The lowest BCUT2D eigenvalue weighted by atomic mass is 10.2. The second-order valence-electron chi connectivity index (χ2n) is 5.94. The Hall–Kier alpha value is -3.65. The molecule has 1 heterocycles. The number of hydrogen-bond acceptors (Lipinski definition) is 5. The van der Waals surface area contributed by atoms with E-state index in [4.69, 9.17) is 4.74 Å². The van der Waals surface area contributed by atoms with E-state index in [9.17, 15) is 13.2 Å². The first-order chi connectivity index (χ1) is 14.0. The minimum absolute atomic E-state index is 0.0630. The molecule has 0 atom stereocenters. The maximum Gasteiger partial charge on any atom is 0.263 e. The van der Waals surface area contributed by atoms with E-state index in [1.165, 1.54) is 36.5 Å². The Balaban J connectivity index is 1.64. The second kappa shape index (κ2) is 9.03. The third-order valence-electron chi connectivity index (χ3n) is 3.86. The second-order valence-corrected chi connectivity index (χ2v) is 7.63. The summed E-state index contributed by atoms with van der Waals surface area (Å²) < 4.78 is 32.3. The van der Waals surface area contributed by atoms with Gasteiger partial charge in [0.25, 0.3) is 10.0 Å². The summed E-state index contributed by atoms with van der Waals surface area (Å²) in [6, 6.07) is 18.1. The third-order valence-corrected chi connectivity index (χ3v) is 5.23. The van der Waals surface area contributed by atoms with Crippen molar-refractivity contribution in [2.45, 2.75) is 4.90 Å². The van der Waals surface area contributed by atoms with Gasteiger partial charge in [-0.1, -0.05) is 18.2 Å². The zero-order valence-corrected chi connectivity index (χ0v) is 16.4. The highest BCUT2D eigenvalue weighted by molar-refractivity contribution is 7.92. The molecule has 0 unspecified atom stereocenters. The number of carbonyl (C=O) groups excluding carboxylic acids is 1. The molecule has 0 saturated carbocycles. The van der Waals surface area contributed by atoms with Crippen molar-refractivity contribution in [3.63, 3.8) is 0 Å². The molecule has 0 aliphatic carbocycles. The number of anilines is 2. The van der Waals surface area contributed by atoms with Crippen LogP contribution in [0.4, 0.5) is 11.5 Å². The van der Waals surface area contributed by atoms with E-state index >= 15 is 0 Å². The number of methoxy groups -OCH3 is 1.